The van der Waals surface area contributed by atoms with E-state index >= 15 is 0 Å². The van der Waals surface area contributed by atoms with Gasteiger partial charge in [0, 0.05) is 30.4 Å². The van der Waals surface area contributed by atoms with Crippen molar-refractivity contribution in [1.29, 1.82) is 0 Å². The number of carbonyl (C=O) groups is 1. The number of aryl methyl sites for hydroxylation is 1. The number of nitrogens with zero attached hydrogens (tertiary/aromatic N) is 2. The van der Waals surface area contributed by atoms with Gasteiger partial charge in [0.05, 0.1) is 15.1 Å². The molecule has 0 spiro atoms. The lowest BCUT2D eigenvalue weighted by molar-refractivity contribution is 0.102. The Bertz CT molecular complexity index is 1330. The first kappa shape index (κ1) is 22.7. The van der Waals surface area contributed by atoms with Gasteiger partial charge in [-0.2, -0.15) is 4.31 Å². The summed E-state index contributed by atoms with van der Waals surface area (Å²) < 4.78 is 30.3. The molecule has 2 aromatic carbocycles. The molecule has 1 N–H and O–H groups in total. The van der Waals surface area contributed by atoms with Gasteiger partial charge in [-0.3, -0.25) is 14.2 Å². The van der Waals surface area contributed by atoms with Gasteiger partial charge in [-0.25, -0.2) is 8.42 Å². The zero-order valence-corrected chi connectivity index (χ0v) is 20.1. The summed E-state index contributed by atoms with van der Waals surface area (Å²) in [6, 6.07) is 10.2. The fraction of sp³-hybridized carbons (Fsp3) is 0.391. The molecule has 0 unspecified atom stereocenters. The van der Waals surface area contributed by atoms with Crippen molar-refractivity contribution in [2.45, 2.75) is 51.0 Å². The molecule has 1 aliphatic rings. The zero-order chi connectivity index (χ0) is 23.0. The third-order valence-electron chi connectivity index (χ3n) is 5.77. The largest absolute Gasteiger partial charge is 0.322 e. The molecule has 3 aromatic rings. The van der Waals surface area contributed by atoms with Gasteiger partial charge in [-0.1, -0.05) is 23.8 Å². The van der Waals surface area contributed by atoms with Crippen LogP contribution in [-0.4, -0.2) is 36.3 Å². The van der Waals surface area contributed by atoms with Gasteiger partial charge in [0.1, 0.15) is 0 Å². The number of piperidine rings is 1. The highest BCUT2D eigenvalue weighted by molar-refractivity contribution is 7.89. The second kappa shape index (κ2) is 8.80. The van der Waals surface area contributed by atoms with Crippen LogP contribution in [-0.2, 0) is 10.0 Å². The predicted molar refractivity (Wildman–Crippen MR) is 128 cm³/mol. The third kappa shape index (κ3) is 4.24. The summed E-state index contributed by atoms with van der Waals surface area (Å²) in [7, 11) is -3.64. The van der Waals surface area contributed by atoms with Crippen molar-refractivity contribution < 1.29 is 13.2 Å². The summed E-state index contributed by atoms with van der Waals surface area (Å²) in [6.45, 7) is 6.67. The van der Waals surface area contributed by atoms with E-state index in [0.29, 0.717) is 24.3 Å². The molecule has 0 saturated carbocycles. The summed E-state index contributed by atoms with van der Waals surface area (Å²) in [5.41, 5.74) is 2.28. The summed E-state index contributed by atoms with van der Waals surface area (Å²) in [4.78, 5) is 25.3. The number of sulfonamides is 1. The molecule has 7 nitrogen and oxygen atoms in total. The Balaban J connectivity index is 1.61. The number of hydrogen-bond donors (Lipinski definition) is 1. The minimum Gasteiger partial charge on any atom is -0.322 e. The van der Waals surface area contributed by atoms with Crippen LogP contribution < -0.4 is 10.2 Å². The van der Waals surface area contributed by atoms with E-state index in [1.165, 1.54) is 10.4 Å². The second-order valence-electron chi connectivity index (χ2n) is 8.41. The van der Waals surface area contributed by atoms with Crippen LogP contribution in [0, 0.1) is 6.92 Å². The molecule has 0 radical (unpaired) electrons. The number of benzene rings is 2. The highest BCUT2D eigenvalue weighted by atomic mass is 32.2. The Morgan fingerprint density at radius 3 is 2.47 bits per heavy atom. The molecule has 0 bridgehead atoms. The Labute approximate surface area is 191 Å². The molecule has 1 fully saturated rings. The number of fused-ring (bicyclic) bond motifs is 1. The quantitative estimate of drug-likeness (QED) is 0.596. The van der Waals surface area contributed by atoms with Crippen LogP contribution in [0.2, 0.25) is 0 Å². The van der Waals surface area contributed by atoms with Crippen molar-refractivity contribution in [3.05, 3.63) is 57.2 Å². The van der Waals surface area contributed by atoms with E-state index in [4.69, 9.17) is 0 Å². The second-order valence-corrected chi connectivity index (χ2v) is 11.3. The Hall–Kier alpha value is -2.49. The number of thiazole rings is 1. The Morgan fingerprint density at radius 2 is 1.78 bits per heavy atom. The first-order valence-corrected chi connectivity index (χ1v) is 13.0. The monoisotopic (exact) mass is 473 g/mol. The number of amides is 1. The van der Waals surface area contributed by atoms with E-state index < -0.39 is 15.9 Å². The average Bonchev–Trinajstić information content (AvgIpc) is 3.09. The highest BCUT2D eigenvalue weighted by Gasteiger charge is 2.28. The Kier molecular flexibility index (Phi) is 6.24. The van der Waals surface area contributed by atoms with E-state index in [1.54, 1.807) is 35.8 Å². The molecular weight excluding hydrogens is 446 g/mol. The molecule has 1 saturated heterocycles. The van der Waals surface area contributed by atoms with Crippen molar-refractivity contribution in [1.82, 2.24) is 8.87 Å². The van der Waals surface area contributed by atoms with E-state index in [2.05, 4.69) is 5.32 Å². The van der Waals surface area contributed by atoms with Crippen molar-refractivity contribution in [3.8, 4) is 0 Å². The normalized spacial score (nSPS) is 15.4. The molecule has 2 heterocycles. The highest BCUT2D eigenvalue weighted by Crippen LogP contribution is 2.26. The predicted octanol–water partition coefficient (Wildman–Crippen LogP) is 4.38. The van der Waals surface area contributed by atoms with Crippen molar-refractivity contribution in [3.63, 3.8) is 0 Å². The van der Waals surface area contributed by atoms with Crippen LogP contribution in [0.15, 0.2) is 46.1 Å². The fourth-order valence-electron chi connectivity index (χ4n) is 4.07. The number of rotatable bonds is 5. The Morgan fingerprint density at radius 1 is 1.06 bits per heavy atom. The lowest BCUT2D eigenvalue weighted by atomic mass is 10.1. The lowest BCUT2D eigenvalue weighted by Gasteiger charge is -2.26. The molecule has 1 aliphatic heterocycles. The van der Waals surface area contributed by atoms with Gasteiger partial charge >= 0.3 is 4.87 Å². The topological polar surface area (TPSA) is 88.5 Å². The third-order valence-corrected chi connectivity index (χ3v) is 8.73. The maximum Gasteiger partial charge on any atom is 0.308 e. The molecule has 4 rings (SSSR count). The average molecular weight is 474 g/mol. The SMILES string of the molecule is Cc1ccc(C(=O)Nc2ccc3c(c2)sc(=O)n3C(C)C)cc1S(=O)(=O)N1CCCCC1. The lowest BCUT2D eigenvalue weighted by Crippen LogP contribution is -2.36. The number of aromatic nitrogens is 1. The van der Waals surface area contributed by atoms with Gasteiger partial charge in [-0.05, 0) is 69.5 Å². The van der Waals surface area contributed by atoms with Crippen LogP contribution in [0.3, 0.4) is 0 Å². The van der Waals surface area contributed by atoms with Crippen molar-refractivity contribution >= 4 is 43.2 Å². The first-order chi connectivity index (χ1) is 15.2. The van der Waals surface area contributed by atoms with Gasteiger partial charge in [0.25, 0.3) is 5.91 Å². The molecule has 170 valence electrons. The number of anilines is 1. The van der Waals surface area contributed by atoms with E-state index in [1.807, 2.05) is 19.9 Å². The number of carbonyl (C=O) groups excluding carboxylic acids is 1. The standard InChI is InChI=1S/C23H27N3O4S2/c1-15(2)26-19-10-9-18(14-20(19)31-23(26)28)24-22(27)17-8-7-16(3)21(13-17)32(29,30)25-11-5-4-6-12-25/h7-10,13-15H,4-6,11-12H2,1-3H3,(H,24,27). The van der Waals surface area contributed by atoms with Gasteiger partial charge in [-0.15, -0.1) is 0 Å². The first-order valence-electron chi connectivity index (χ1n) is 10.8. The van der Waals surface area contributed by atoms with E-state index in [9.17, 15) is 18.0 Å². The number of nitrogens with one attached hydrogen (secondary N) is 1. The molecule has 32 heavy (non-hydrogen) atoms. The van der Waals surface area contributed by atoms with E-state index in [0.717, 1.165) is 40.8 Å². The molecule has 0 atom stereocenters. The minimum atomic E-state index is -3.64. The van der Waals surface area contributed by atoms with Crippen molar-refractivity contribution in [2.75, 3.05) is 18.4 Å². The van der Waals surface area contributed by atoms with Crippen LogP contribution in [0.5, 0.6) is 0 Å². The van der Waals surface area contributed by atoms with Gasteiger partial charge in [0.2, 0.25) is 10.0 Å². The van der Waals surface area contributed by atoms with Crippen LogP contribution in [0.4, 0.5) is 5.69 Å². The molecular formula is C23H27N3O4S2. The fourth-order valence-corrected chi connectivity index (χ4v) is 6.89. The maximum absolute atomic E-state index is 13.1. The van der Waals surface area contributed by atoms with Gasteiger partial charge < -0.3 is 5.32 Å². The van der Waals surface area contributed by atoms with Crippen LogP contribution >= 0.6 is 11.3 Å². The summed E-state index contributed by atoms with van der Waals surface area (Å²) in [6.07, 6.45) is 2.74. The molecule has 9 heteroatoms. The van der Waals surface area contributed by atoms with E-state index in [-0.39, 0.29) is 21.4 Å². The van der Waals surface area contributed by atoms with Crippen LogP contribution in [0.25, 0.3) is 10.2 Å². The molecule has 1 amide bonds. The maximum atomic E-state index is 13.1. The number of hydrogen-bond acceptors (Lipinski definition) is 5. The van der Waals surface area contributed by atoms with Gasteiger partial charge in [0.15, 0.2) is 0 Å². The van der Waals surface area contributed by atoms with Crippen LogP contribution in [0.1, 0.15) is 55.1 Å². The zero-order valence-electron chi connectivity index (χ0n) is 18.4. The summed E-state index contributed by atoms with van der Waals surface area (Å²) in [5, 5.41) is 2.83. The summed E-state index contributed by atoms with van der Waals surface area (Å²) in [5.74, 6) is -0.393. The minimum absolute atomic E-state index is 0.0374. The molecule has 1 aromatic heterocycles. The molecule has 0 aliphatic carbocycles. The van der Waals surface area contributed by atoms with Crippen molar-refractivity contribution in [2.24, 2.45) is 0 Å². The smallest absolute Gasteiger partial charge is 0.308 e. The summed E-state index contributed by atoms with van der Waals surface area (Å²) >= 11 is 1.14.